The summed E-state index contributed by atoms with van der Waals surface area (Å²) in [6.07, 6.45) is -0.190. The van der Waals surface area contributed by atoms with Crippen molar-refractivity contribution in [2.75, 3.05) is 12.4 Å². The Morgan fingerprint density at radius 3 is 2.44 bits per heavy atom. The van der Waals surface area contributed by atoms with Gasteiger partial charge in [0.1, 0.15) is 17.0 Å². The van der Waals surface area contributed by atoms with E-state index < -0.39 is 5.09 Å². The number of H-pyrrole nitrogens is 1. The molecule has 0 spiro atoms. The van der Waals surface area contributed by atoms with E-state index in [1.54, 1.807) is 6.07 Å². The summed E-state index contributed by atoms with van der Waals surface area (Å²) in [6.45, 7) is 0. The number of hydrogen-bond acceptors (Lipinski definition) is 7. The highest BCUT2D eigenvalue weighted by molar-refractivity contribution is 5.85. The number of aliphatic hydroxyl groups is 1. The fourth-order valence-corrected chi connectivity index (χ4v) is 4.10. The van der Waals surface area contributed by atoms with Gasteiger partial charge in [-0.3, -0.25) is 0 Å². The van der Waals surface area contributed by atoms with Crippen molar-refractivity contribution in [3.8, 4) is 17.1 Å². The molecular formula is C24H21N5O5. The van der Waals surface area contributed by atoms with Gasteiger partial charge in [-0.05, 0) is 36.4 Å². The first kappa shape index (κ1) is 22.5. The van der Waals surface area contributed by atoms with Crippen LogP contribution in [0.5, 0.6) is 5.75 Å². The molecule has 0 fully saturated rings. The van der Waals surface area contributed by atoms with Crippen molar-refractivity contribution in [3.63, 3.8) is 0 Å². The number of aromatic nitrogens is 3. The van der Waals surface area contributed by atoms with E-state index in [2.05, 4.69) is 39.1 Å². The molecule has 3 aromatic carbocycles. The van der Waals surface area contributed by atoms with Gasteiger partial charge in [-0.2, -0.15) is 4.57 Å². The average molecular weight is 459 g/mol. The Labute approximate surface area is 193 Å². The number of phenols is 1. The second-order valence-electron chi connectivity index (χ2n) is 7.26. The highest BCUT2D eigenvalue weighted by atomic mass is 16.9. The second kappa shape index (κ2) is 9.43. The number of fused-ring (bicyclic) bond motifs is 6. The standard InChI is InChI=1S/C23H16N4O.CH4O.NO3/c28-20-11-5-6-14-12-13-18(24-21(14)20)23-25-16-8-2-1-7-15(16)22-26-17-9-3-4-10-19(17)27(22)23;1-2;2-1(3)4/h1-13,23H,(H2,25,26,28);2H,1H3;/q;;-1/p+1/t23-;;/m1../s1. The van der Waals surface area contributed by atoms with Crippen molar-refractivity contribution >= 4 is 27.6 Å². The van der Waals surface area contributed by atoms with E-state index in [0.29, 0.717) is 5.52 Å². The number of nitrogens with one attached hydrogen (secondary N) is 2. The summed E-state index contributed by atoms with van der Waals surface area (Å²) < 4.78 is 2.24. The molecule has 0 bridgehead atoms. The number of aromatic amines is 1. The predicted octanol–water partition coefficient (Wildman–Crippen LogP) is 3.72. The van der Waals surface area contributed by atoms with Gasteiger partial charge in [0, 0.05) is 12.5 Å². The van der Waals surface area contributed by atoms with Crippen LogP contribution in [0.25, 0.3) is 33.3 Å². The van der Waals surface area contributed by atoms with E-state index in [1.165, 1.54) is 0 Å². The number of para-hydroxylation sites is 4. The first-order valence-corrected chi connectivity index (χ1v) is 10.3. The third-order valence-electron chi connectivity index (χ3n) is 5.39. The molecule has 0 saturated heterocycles. The molecule has 0 aliphatic carbocycles. The van der Waals surface area contributed by atoms with Crippen LogP contribution >= 0.6 is 0 Å². The lowest BCUT2D eigenvalue weighted by atomic mass is 10.1. The summed E-state index contributed by atoms with van der Waals surface area (Å²) in [7, 11) is 1.00. The number of pyridine rings is 1. The van der Waals surface area contributed by atoms with Crippen molar-refractivity contribution < 1.29 is 19.9 Å². The molecule has 34 heavy (non-hydrogen) atoms. The quantitative estimate of drug-likeness (QED) is 0.169. The molecule has 10 heteroatoms. The van der Waals surface area contributed by atoms with Crippen LogP contribution < -0.4 is 9.88 Å². The Morgan fingerprint density at radius 2 is 1.65 bits per heavy atom. The molecule has 0 radical (unpaired) electrons. The molecule has 2 aromatic heterocycles. The van der Waals surface area contributed by atoms with E-state index in [1.807, 2.05) is 48.5 Å². The molecule has 1 aliphatic heterocycles. The van der Waals surface area contributed by atoms with Gasteiger partial charge in [0.25, 0.3) is 5.82 Å². The predicted molar refractivity (Wildman–Crippen MR) is 128 cm³/mol. The normalized spacial score (nSPS) is 13.4. The Kier molecular flexibility index (Phi) is 6.24. The Balaban J connectivity index is 0.000000417. The maximum absolute atomic E-state index is 10.3. The maximum atomic E-state index is 10.3. The van der Waals surface area contributed by atoms with Crippen LogP contribution in [-0.2, 0) is 0 Å². The number of aromatic hydroxyl groups is 1. The molecule has 0 amide bonds. The lowest BCUT2D eigenvalue weighted by Crippen LogP contribution is -2.48. The van der Waals surface area contributed by atoms with Crippen LogP contribution in [0, 0.1) is 15.3 Å². The number of phenolic OH excluding ortho intramolecular Hbond substituents is 1. The Hall–Kier alpha value is -4.70. The molecule has 0 saturated carbocycles. The number of aliphatic hydroxyl groups excluding tert-OH is 1. The number of rotatable bonds is 1. The summed E-state index contributed by atoms with van der Waals surface area (Å²) >= 11 is 0. The lowest BCUT2D eigenvalue weighted by Gasteiger charge is -2.24. The second-order valence-corrected chi connectivity index (χ2v) is 7.26. The molecule has 3 heterocycles. The fraction of sp³-hybridized carbons (Fsp3) is 0.0833. The number of benzene rings is 3. The van der Waals surface area contributed by atoms with Crippen LogP contribution in [0.2, 0.25) is 0 Å². The summed E-state index contributed by atoms with van der Waals surface area (Å²) in [5.74, 6) is 1.24. The SMILES string of the molecule is CO.O=[N+]([O-])[O-].Oc1cccc2ccc([C@@H]3Nc4ccccc4-c4[nH]c5ccccc5[n+]43)nc12. The monoisotopic (exact) mass is 459 g/mol. The summed E-state index contributed by atoms with van der Waals surface area (Å²) in [5.41, 5.74) is 5.81. The Morgan fingerprint density at radius 1 is 0.941 bits per heavy atom. The highest BCUT2D eigenvalue weighted by Gasteiger charge is 2.35. The van der Waals surface area contributed by atoms with Crippen LogP contribution in [0.15, 0.2) is 78.9 Å². The lowest BCUT2D eigenvalue weighted by molar-refractivity contribution is -0.673. The number of nitrogens with zero attached hydrogens (tertiary/aromatic N) is 3. The van der Waals surface area contributed by atoms with E-state index in [0.717, 1.165) is 46.3 Å². The number of imidazole rings is 1. The molecule has 10 nitrogen and oxygen atoms in total. The summed E-state index contributed by atoms with van der Waals surface area (Å²) in [4.78, 5) is 16.6. The third-order valence-corrected chi connectivity index (χ3v) is 5.39. The van der Waals surface area contributed by atoms with Gasteiger partial charge < -0.3 is 30.9 Å². The smallest absolute Gasteiger partial charge is 0.291 e. The van der Waals surface area contributed by atoms with E-state index in [-0.39, 0.29) is 11.9 Å². The molecule has 5 aromatic rings. The van der Waals surface area contributed by atoms with E-state index in [9.17, 15) is 5.11 Å². The molecule has 1 atom stereocenters. The van der Waals surface area contributed by atoms with Crippen molar-refractivity contribution in [3.05, 3.63) is 99.9 Å². The molecular weight excluding hydrogens is 438 g/mol. The van der Waals surface area contributed by atoms with Gasteiger partial charge in [-0.25, -0.2) is 9.97 Å². The van der Waals surface area contributed by atoms with Gasteiger partial charge >= 0.3 is 0 Å². The van der Waals surface area contributed by atoms with Crippen LogP contribution in [0.3, 0.4) is 0 Å². The zero-order chi connectivity index (χ0) is 24.2. The van der Waals surface area contributed by atoms with Gasteiger partial charge in [-0.15, -0.1) is 0 Å². The minimum atomic E-state index is -1.75. The fourth-order valence-electron chi connectivity index (χ4n) is 4.10. The maximum Gasteiger partial charge on any atom is 0.291 e. The minimum Gasteiger partial charge on any atom is -0.506 e. The molecule has 1 aliphatic rings. The first-order valence-electron chi connectivity index (χ1n) is 10.3. The summed E-state index contributed by atoms with van der Waals surface area (Å²) in [6, 6.07) is 26.0. The van der Waals surface area contributed by atoms with Crippen molar-refractivity contribution in [2.45, 2.75) is 6.17 Å². The van der Waals surface area contributed by atoms with Crippen LogP contribution in [0.1, 0.15) is 11.9 Å². The number of hydrogen-bond donors (Lipinski definition) is 4. The van der Waals surface area contributed by atoms with E-state index >= 15 is 0 Å². The van der Waals surface area contributed by atoms with Crippen LogP contribution in [-0.4, -0.2) is 32.4 Å². The molecule has 0 unspecified atom stereocenters. The van der Waals surface area contributed by atoms with Gasteiger partial charge in [0.05, 0.1) is 16.3 Å². The van der Waals surface area contributed by atoms with Gasteiger partial charge in [0.2, 0.25) is 6.17 Å². The van der Waals surface area contributed by atoms with Gasteiger partial charge in [-0.1, -0.05) is 42.5 Å². The van der Waals surface area contributed by atoms with Gasteiger partial charge in [0.15, 0.2) is 11.0 Å². The van der Waals surface area contributed by atoms with Crippen LogP contribution in [0.4, 0.5) is 5.69 Å². The largest absolute Gasteiger partial charge is 0.506 e. The Bertz CT molecular complexity index is 1480. The highest BCUT2D eigenvalue weighted by Crippen LogP contribution is 2.35. The average Bonchev–Trinajstić information content (AvgIpc) is 3.25. The first-order chi connectivity index (χ1) is 16.5. The third kappa shape index (κ3) is 4.05. The summed E-state index contributed by atoms with van der Waals surface area (Å²) in [5, 5.41) is 36.6. The molecule has 6 rings (SSSR count). The zero-order valence-corrected chi connectivity index (χ0v) is 18.0. The van der Waals surface area contributed by atoms with Crippen molar-refractivity contribution in [2.24, 2.45) is 0 Å². The van der Waals surface area contributed by atoms with Crippen molar-refractivity contribution in [1.82, 2.24) is 9.97 Å². The molecule has 172 valence electrons. The zero-order valence-electron chi connectivity index (χ0n) is 18.0. The number of anilines is 1. The minimum absolute atomic E-state index is 0.190. The topological polar surface area (TPSA) is 151 Å². The van der Waals surface area contributed by atoms with E-state index in [4.69, 9.17) is 25.4 Å². The molecule has 4 N–H and O–H groups in total. The van der Waals surface area contributed by atoms with Crippen molar-refractivity contribution in [1.29, 1.82) is 0 Å².